The van der Waals surface area contributed by atoms with Gasteiger partial charge in [-0.3, -0.25) is 4.79 Å². The highest BCUT2D eigenvalue weighted by molar-refractivity contribution is 5.94. The fourth-order valence-corrected chi connectivity index (χ4v) is 5.13. The topological polar surface area (TPSA) is 137 Å². The number of esters is 1. The number of aliphatic hydroxyl groups excluding tert-OH is 1. The van der Waals surface area contributed by atoms with Crippen molar-refractivity contribution < 1.29 is 19.4 Å². The van der Waals surface area contributed by atoms with Crippen molar-refractivity contribution in [3.63, 3.8) is 0 Å². The number of carbonyl (C=O) groups excluding carboxylic acids is 2. The van der Waals surface area contributed by atoms with Crippen molar-refractivity contribution in [1.29, 1.82) is 5.26 Å². The lowest BCUT2D eigenvalue weighted by molar-refractivity contribution is -0.138. The third-order valence-corrected chi connectivity index (χ3v) is 7.28. The summed E-state index contributed by atoms with van der Waals surface area (Å²) in [6, 6.07) is 7.29. The summed E-state index contributed by atoms with van der Waals surface area (Å²) in [6.45, 7) is 4.28. The number of aromatic nitrogens is 4. The van der Waals surface area contributed by atoms with Crippen LogP contribution < -0.4 is 0 Å². The van der Waals surface area contributed by atoms with E-state index in [-0.39, 0.29) is 18.5 Å². The first-order valence-corrected chi connectivity index (χ1v) is 11.3. The van der Waals surface area contributed by atoms with E-state index in [1.807, 2.05) is 0 Å². The Balaban J connectivity index is 1.22. The van der Waals surface area contributed by atoms with E-state index in [1.165, 1.54) is 11.0 Å². The van der Waals surface area contributed by atoms with Crippen LogP contribution in [0.2, 0.25) is 0 Å². The number of hydrogen-bond acceptors (Lipinski definition) is 9. The summed E-state index contributed by atoms with van der Waals surface area (Å²) < 4.78 is 6.50. The molecule has 1 amide bonds. The van der Waals surface area contributed by atoms with E-state index in [2.05, 4.69) is 26.5 Å². The minimum absolute atomic E-state index is 0.0807. The van der Waals surface area contributed by atoms with Crippen LogP contribution in [0.4, 0.5) is 0 Å². The van der Waals surface area contributed by atoms with Crippen LogP contribution in [0.3, 0.4) is 0 Å². The smallest absolute Gasteiger partial charge is 0.336 e. The third kappa shape index (κ3) is 3.74. The summed E-state index contributed by atoms with van der Waals surface area (Å²) in [7, 11) is 0. The van der Waals surface area contributed by atoms with E-state index in [4.69, 9.17) is 4.74 Å². The highest BCUT2D eigenvalue weighted by Gasteiger charge is 2.50. The predicted octanol–water partition coefficient (Wildman–Crippen LogP) is 0.713. The van der Waals surface area contributed by atoms with E-state index in [0.29, 0.717) is 67.1 Å². The zero-order valence-electron chi connectivity index (χ0n) is 18.8. The van der Waals surface area contributed by atoms with Gasteiger partial charge in [-0.1, -0.05) is 6.07 Å². The lowest BCUT2D eigenvalue weighted by Gasteiger charge is -2.38. The quantitative estimate of drug-likeness (QED) is 0.636. The maximum absolute atomic E-state index is 13.3. The van der Waals surface area contributed by atoms with Gasteiger partial charge in [0, 0.05) is 13.1 Å². The summed E-state index contributed by atoms with van der Waals surface area (Å²) in [5.41, 5.74) is 2.37. The van der Waals surface area contributed by atoms with Crippen molar-refractivity contribution in [3.8, 4) is 11.8 Å². The van der Waals surface area contributed by atoms with Gasteiger partial charge >= 0.3 is 5.97 Å². The number of nitrogens with zero attached hydrogens (tertiary/aromatic N) is 7. The van der Waals surface area contributed by atoms with Crippen LogP contribution in [0.25, 0.3) is 5.69 Å². The van der Waals surface area contributed by atoms with Gasteiger partial charge in [-0.15, -0.1) is 5.10 Å². The summed E-state index contributed by atoms with van der Waals surface area (Å²) in [4.78, 5) is 28.9. The average molecular weight is 463 g/mol. The molecule has 176 valence electrons. The van der Waals surface area contributed by atoms with Crippen LogP contribution in [0.15, 0.2) is 35.8 Å². The molecule has 0 radical (unpaired) electrons. The molecule has 11 nitrogen and oxygen atoms in total. The Labute approximate surface area is 196 Å². The minimum atomic E-state index is -0.769. The molecule has 2 saturated heterocycles. The maximum atomic E-state index is 13.3. The SMILES string of the molecule is CC1=C(N2CCC3(CCN(C[C@H](O)c4ccc(-n5cnnn5)c(C#N)c4)CC3)C2=O)COC1=O. The molecule has 34 heavy (non-hydrogen) atoms. The molecule has 11 heteroatoms. The monoisotopic (exact) mass is 463 g/mol. The predicted molar refractivity (Wildman–Crippen MR) is 117 cm³/mol. The minimum Gasteiger partial charge on any atom is -0.456 e. The van der Waals surface area contributed by atoms with E-state index in [9.17, 15) is 20.0 Å². The molecule has 1 aromatic heterocycles. The molecule has 3 aliphatic rings. The van der Waals surface area contributed by atoms with Crippen LogP contribution in [0.1, 0.15) is 43.4 Å². The summed E-state index contributed by atoms with van der Waals surface area (Å²) in [5.74, 6) is -0.268. The Kier molecular flexibility index (Phi) is 5.63. The molecule has 2 fully saturated rings. The van der Waals surface area contributed by atoms with E-state index >= 15 is 0 Å². The Morgan fingerprint density at radius 3 is 2.65 bits per heavy atom. The van der Waals surface area contributed by atoms with Gasteiger partial charge in [-0.2, -0.15) is 9.94 Å². The first-order valence-electron chi connectivity index (χ1n) is 11.3. The number of nitriles is 1. The number of likely N-dealkylation sites (tertiary alicyclic amines) is 2. The van der Waals surface area contributed by atoms with E-state index < -0.39 is 11.5 Å². The molecule has 4 heterocycles. The summed E-state index contributed by atoms with van der Waals surface area (Å²) in [5, 5.41) is 31.4. The molecule has 1 atom stereocenters. The fourth-order valence-electron chi connectivity index (χ4n) is 5.13. The van der Waals surface area contributed by atoms with E-state index in [0.717, 1.165) is 6.42 Å². The Hall–Kier alpha value is -3.62. The van der Waals surface area contributed by atoms with Crippen molar-refractivity contribution in [2.45, 2.75) is 32.3 Å². The first kappa shape index (κ1) is 22.2. The Morgan fingerprint density at radius 1 is 1.24 bits per heavy atom. The zero-order valence-corrected chi connectivity index (χ0v) is 18.8. The van der Waals surface area contributed by atoms with Gasteiger partial charge in [0.2, 0.25) is 5.91 Å². The number of β-amino-alcohol motifs (C(OH)–C–C–N with tert-alkyl or cyclic N) is 1. The van der Waals surface area contributed by atoms with E-state index in [1.54, 1.807) is 30.0 Å². The molecular weight excluding hydrogens is 438 g/mol. The molecule has 0 bridgehead atoms. The van der Waals surface area contributed by atoms with Gasteiger partial charge in [0.1, 0.15) is 19.0 Å². The second kappa shape index (κ2) is 8.62. The molecule has 0 unspecified atom stereocenters. The summed E-state index contributed by atoms with van der Waals surface area (Å²) >= 11 is 0. The van der Waals surface area contributed by atoms with Crippen LogP contribution in [0, 0.1) is 16.7 Å². The van der Waals surface area contributed by atoms with Crippen LogP contribution in [0.5, 0.6) is 0 Å². The number of amides is 1. The van der Waals surface area contributed by atoms with Gasteiger partial charge in [0.15, 0.2) is 0 Å². The first-order chi connectivity index (χ1) is 16.4. The number of rotatable bonds is 5. The van der Waals surface area contributed by atoms with Crippen LogP contribution in [-0.2, 0) is 14.3 Å². The van der Waals surface area contributed by atoms with Crippen molar-refractivity contribution in [1.82, 2.24) is 30.0 Å². The number of tetrazole rings is 1. The standard InChI is InChI=1S/C23H25N7O4/c1-15-19(13-34-21(15)32)29-9-6-23(22(29)33)4-7-28(8-5-23)12-20(31)16-2-3-18(17(10-16)11-24)30-14-25-26-27-30/h2-3,10,14,20,31H,4-9,12-13H2,1H3/t20-/m0/s1. The Bertz CT molecular complexity index is 1190. The van der Waals surface area contributed by atoms with Crippen molar-refractivity contribution >= 4 is 11.9 Å². The lowest BCUT2D eigenvalue weighted by Crippen LogP contribution is -2.45. The number of carbonyl (C=O) groups is 2. The van der Waals surface area contributed by atoms with Gasteiger partial charge in [0.05, 0.1) is 34.0 Å². The molecule has 5 rings (SSSR count). The highest BCUT2D eigenvalue weighted by Crippen LogP contribution is 2.44. The number of piperidine rings is 1. The Morgan fingerprint density at radius 2 is 2.00 bits per heavy atom. The number of hydrogen-bond donors (Lipinski definition) is 1. The molecule has 1 N–H and O–H groups in total. The molecule has 1 aromatic carbocycles. The second-order valence-corrected chi connectivity index (χ2v) is 9.09. The third-order valence-electron chi connectivity index (χ3n) is 7.28. The highest BCUT2D eigenvalue weighted by atomic mass is 16.5. The lowest BCUT2D eigenvalue weighted by atomic mass is 9.77. The van der Waals surface area contributed by atoms with Gasteiger partial charge in [0.25, 0.3) is 0 Å². The number of cyclic esters (lactones) is 1. The number of ether oxygens (including phenoxy) is 1. The zero-order chi connectivity index (χ0) is 23.9. The largest absolute Gasteiger partial charge is 0.456 e. The average Bonchev–Trinajstić information content (AvgIpc) is 3.57. The normalized spacial score (nSPS) is 21.3. The van der Waals surface area contributed by atoms with Gasteiger partial charge in [-0.25, -0.2) is 4.79 Å². The van der Waals surface area contributed by atoms with Crippen LogP contribution >= 0.6 is 0 Å². The maximum Gasteiger partial charge on any atom is 0.336 e. The molecular formula is C23H25N7O4. The molecule has 0 saturated carbocycles. The molecule has 2 aromatic rings. The van der Waals surface area contributed by atoms with Gasteiger partial charge < -0.3 is 19.6 Å². The summed E-state index contributed by atoms with van der Waals surface area (Å²) in [6.07, 6.45) is 2.82. The number of benzene rings is 1. The molecule has 0 aliphatic carbocycles. The van der Waals surface area contributed by atoms with Crippen molar-refractivity contribution in [3.05, 3.63) is 46.9 Å². The van der Waals surface area contributed by atoms with Crippen LogP contribution in [-0.4, -0.2) is 79.8 Å². The second-order valence-electron chi connectivity index (χ2n) is 9.09. The molecule has 3 aliphatic heterocycles. The molecule has 1 spiro atoms. The fraction of sp³-hybridized carbons (Fsp3) is 0.478. The van der Waals surface area contributed by atoms with Crippen molar-refractivity contribution in [2.24, 2.45) is 5.41 Å². The number of aliphatic hydroxyl groups is 1. The van der Waals surface area contributed by atoms with Crippen molar-refractivity contribution in [2.75, 3.05) is 32.8 Å². The van der Waals surface area contributed by atoms with Gasteiger partial charge in [-0.05, 0) is 67.4 Å².